The number of nitro groups is 1. The van der Waals surface area contributed by atoms with Gasteiger partial charge >= 0.3 is 0 Å². The van der Waals surface area contributed by atoms with Crippen molar-refractivity contribution in [3.05, 3.63) is 73.6 Å². The number of nitrogens with one attached hydrogen (secondary N) is 1. The molecule has 2 aromatic rings. The molecule has 0 aromatic heterocycles. The van der Waals surface area contributed by atoms with E-state index < -0.39 is 16.7 Å². The molecule has 33 heavy (non-hydrogen) atoms. The number of carbonyl (C=O) groups excluding carboxylic acids is 2. The number of hydrogen-bond acceptors (Lipinski definition) is 8. The summed E-state index contributed by atoms with van der Waals surface area (Å²) in [5, 5.41) is 13.1. The summed E-state index contributed by atoms with van der Waals surface area (Å²) in [7, 11) is 0. The Balaban J connectivity index is 1.54. The average Bonchev–Trinajstić information content (AvgIpc) is 3.07. The van der Waals surface area contributed by atoms with Gasteiger partial charge in [0.25, 0.3) is 17.5 Å². The van der Waals surface area contributed by atoms with Gasteiger partial charge in [-0.25, -0.2) is 0 Å². The number of halogens is 1. The highest BCUT2D eigenvalue weighted by molar-refractivity contribution is 8.26. The number of amides is 2. The van der Waals surface area contributed by atoms with Crippen LogP contribution in [0.25, 0.3) is 6.08 Å². The molecule has 4 rings (SSSR count). The first kappa shape index (κ1) is 23.2. The minimum atomic E-state index is -0.521. The maximum absolute atomic E-state index is 12.8. The number of thiocarbonyl (C=S) groups is 1. The summed E-state index contributed by atoms with van der Waals surface area (Å²) in [6.45, 7) is 2.13. The molecule has 2 amide bonds. The molecular formula is C21H17ClN4O5S2. The number of nitro benzene ring substituents is 1. The summed E-state index contributed by atoms with van der Waals surface area (Å²) in [5.41, 5.74) is 3.72. The summed E-state index contributed by atoms with van der Waals surface area (Å²) in [5.74, 6) is -1.04. The Kier molecular flexibility index (Phi) is 6.94. The van der Waals surface area contributed by atoms with Crippen LogP contribution < -0.4 is 10.3 Å². The molecule has 1 N–H and O–H groups in total. The molecule has 0 atom stereocenters. The summed E-state index contributed by atoms with van der Waals surface area (Å²) in [6, 6.07) is 11.0. The van der Waals surface area contributed by atoms with E-state index >= 15 is 0 Å². The number of thioether (sulfide) groups is 1. The van der Waals surface area contributed by atoms with Gasteiger partial charge < -0.3 is 9.64 Å². The summed E-state index contributed by atoms with van der Waals surface area (Å²) >= 11 is 12.1. The Morgan fingerprint density at radius 3 is 2.58 bits per heavy atom. The smallest absolute Gasteiger partial charge is 0.293 e. The van der Waals surface area contributed by atoms with Gasteiger partial charge in [0.1, 0.15) is 5.69 Å². The molecule has 0 radical (unpaired) electrons. The number of carbonyl (C=O) groups is 2. The monoisotopic (exact) mass is 504 g/mol. The molecule has 2 aliphatic rings. The van der Waals surface area contributed by atoms with E-state index in [-0.39, 0.29) is 14.9 Å². The van der Waals surface area contributed by atoms with E-state index in [1.807, 2.05) is 4.90 Å². The normalized spacial score (nSPS) is 17.5. The third kappa shape index (κ3) is 5.17. The number of benzene rings is 2. The number of hydrogen-bond donors (Lipinski definition) is 1. The first-order valence-corrected chi connectivity index (χ1v) is 11.4. The van der Waals surface area contributed by atoms with Crippen molar-refractivity contribution in [2.24, 2.45) is 0 Å². The zero-order valence-electron chi connectivity index (χ0n) is 17.0. The molecule has 0 aliphatic carbocycles. The molecule has 2 fully saturated rings. The second kappa shape index (κ2) is 9.87. The predicted octanol–water partition coefficient (Wildman–Crippen LogP) is 3.63. The van der Waals surface area contributed by atoms with E-state index in [2.05, 4.69) is 5.43 Å². The van der Waals surface area contributed by atoms with Crippen LogP contribution in [0.5, 0.6) is 0 Å². The lowest BCUT2D eigenvalue weighted by Gasteiger charge is -2.28. The second-order valence-electron chi connectivity index (χ2n) is 7.07. The van der Waals surface area contributed by atoms with E-state index in [9.17, 15) is 19.7 Å². The highest BCUT2D eigenvalue weighted by Gasteiger charge is 2.34. The van der Waals surface area contributed by atoms with Crippen LogP contribution in [-0.4, -0.2) is 52.4 Å². The molecule has 2 aliphatic heterocycles. The van der Waals surface area contributed by atoms with E-state index in [0.29, 0.717) is 48.1 Å². The minimum Gasteiger partial charge on any atom is -0.378 e. The standard InChI is InChI=1S/C21H17ClN4O5S2/c22-15-4-2-14(3-5-15)19(27)23-25-20(28)18(33-21(25)32)12-13-1-6-16(17(11-13)26(29)30)24-7-9-31-10-8-24/h1-6,11-12H,7-10H2,(H,23,27)/b18-12-. The van der Waals surface area contributed by atoms with Gasteiger partial charge in [-0.05, 0) is 54.2 Å². The molecule has 2 heterocycles. The summed E-state index contributed by atoms with van der Waals surface area (Å²) in [6.07, 6.45) is 1.52. The lowest BCUT2D eigenvalue weighted by molar-refractivity contribution is -0.384. The molecule has 0 saturated carbocycles. The average molecular weight is 505 g/mol. The van der Waals surface area contributed by atoms with Crippen molar-refractivity contribution in [2.75, 3.05) is 31.2 Å². The predicted molar refractivity (Wildman–Crippen MR) is 130 cm³/mol. The fourth-order valence-corrected chi connectivity index (χ4v) is 4.64. The molecule has 9 nitrogen and oxygen atoms in total. The van der Waals surface area contributed by atoms with E-state index in [1.54, 1.807) is 24.3 Å². The number of nitrogens with zero attached hydrogens (tertiary/aromatic N) is 3. The first-order chi connectivity index (χ1) is 15.8. The quantitative estimate of drug-likeness (QED) is 0.285. The molecular weight excluding hydrogens is 488 g/mol. The van der Waals surface area contributed by atoms with E-state index in [1.165, 1.54) is 24.3 Å². The third-order valence-corrected chi connectivity index (χ3v) is 6.51. The fourth-order valence-electron chi connectivity index (χ4n) is 3.33. The lowest BCUT2D eigenvalue weighted by Crippen LogP contribution is -2.44. The van der Waals surface area contributed by atoms with Gasteiger partial charge in [-0.15, -0.1) is 0 Å². The van der Waals surface area contributed by atoms with E-state index in [4.69, 9.17) is 28.6 Å². The van der Waals surface area contributed by atoms with Crippen molar-refractivity contribution < 1.29 is 19.2 Å². The Labute approximate surface area is 203 Å². The number of morpholine rings is 1. The number of anilines is 1. The van der Waals surface area contributed by atoms with Crippen molar-refractivity contribution in [3.63, 3.8) is 0 Å². The maximum Gasteiger partial charge on any atom is 0.293 e. The molecule has 2 saturated heterocycles. The summed E-state index contributed by atoms with van der Waals surface area (Å²) in [4.78, 5) is 38.6. The van der Waals surface area contributed by atoms with Crippen molar-refractivity contribution in [3.8, 4) is 0 Å². The third-order valence-electron chi connectivity index (χ3n) is 4.96. The second-order valence-corrected chi connectivity index (χ2v) is 9.18. The number of ether oxygens (including phenoxy) is 1. The lowest BCUT2D eigenvalue weighted by atomic mass is 10.1. The highest BCUT2D eigenvalue weighted by Crippen LogP contribution is 2.34. The van der Waals surface area contributed by atoms with Crippen LogP contribution >= 0.6 is 35.6 Å². The van der Waals surface area contributed by atoms with Gasteiger partial charge in [0.15, 0.2) is 4.32 Å². The van der Waals surface area contributed by atoms with Crippen LogP contribution in [0.3, 0.4) is 0 Å². The SMILES string of the molecule is O=C(NN1C(=O)/C(=C/c2ccc(N3CCOCC3)c([N+](=O)[O-])c2)SC1=S)c1ccc(Cl)cc1. The van der Waals surface area contributed by atoms with Crippen LogP contribution in [-0.2, 0) is 9.53 Å². The first-order valence-electron chi connectivity index (χ1n) is 9.79. The van der Waals surface area contributed by atoms with Crippen molar-refractivity contribution in [1.29, 1.82) is 0 Å². The Bertz CT molecular complexity index is 1170. The van der Waals surface area contributed by atoms with Crippen molar-refractivity contribution >= 4 is 69.2 Å². The van der Waals surface area contributed by atoms with Crippen LogP contribution in [0.4, 0.5) is 11.4 Å². The largest absolute Gasteiger partial charge is 0.378 e. The highest BCUT2D eigenvalue weighted by atomic mass is 35.5. The minimum absolute atomic E-state index is 0.0582. The van der Waals surface area contributed by atoms with Gasteiger partial charge in [0, 0.05) is 29.7 Å². The van der Waals surface area contributed by atoms with Crippen LogP contribution in [0.2, 0.25) is 5.02 Å². The van der Waals surface area contributed by atoms with E-state index in [0.717, 1.165) is 16.8 Å². The van der Waals surface area contributed by atoms with Gasteiger partial charge in [0.2, 0.25) is 0 Å². The van der Waals surface area contributed by atoms with Crippen LogP contribution in [0.1, 0.15) is 15.9 Å². The van der Waals surface area contributed by atoms with Gasteiger partial charge in [-0.3, -0.25) is 25.1 Å². The Morgan fingerprint density at radius 1 is 1.21 bits per heavy atom. The summed E-state index contributed by atoms with van der Waals surface area (Å²) < 4.78 is 5.46. The van der Waals surface area contributed by atoms with Crippen LogP contribution in [0, 0.1) is 10.1 Å². The zero-order chi connectivity index (χ0) is 23.5. The molecule has 0 unspecified atom stereocenters. The molecule has 2 aromatic carbocycles. The molecule has 0 bridgehead atoms. The molecule has 0 spiro atoms. The van der Waals surface area contributed by atoms with Gasteiger partial charge in [0.05, 0.1) is 23.0 Å². The molecule has 12 heteroatoms. The van der Waals surface area contributed by atoms with Gasteiger partial charge in [-0.2, -0.15) is 5.01 Å². The van der Waals surface area contributed by atoms with Crippen LogP contribution in [0.15, 0.2) is 47.4 Å². The van der Waals surface area contributed by atoms with Crippen molar-refractivity contribution in [2.45, 2.75) is 0 Å². The van der Waals surface area contributed by atoms with Gasteiger partial charge in [-0.1, -0.05) is 29.4 Å². The Morgan fingerprint density at radius 2 is 1.91 bits per heavy atom. The topological polar surface area (TPSA) is 105 Å². The van der Waals surface area contributed by atoms with Crippen molar-refractivity contribution in [1.82, 2.24) is 10.4 Å². The maximum atomic E-state index is 12.8. The number of rotatable bonds is 5. The number of hydrazine groups is 1. The zero-order valence-corrected chi connectivity index (χ0v) is 19.4. The Hall–Kier alpha value is -2.99. The molecule has 170 valence electrons. The fraction of sp³-hybridized carbons (Fsp3) is 0.190.